The van der Waals surface area contributed by atoms with Crippen molar-refractivity contribution in [3.8, 4) is 11.1 Å². The predicted octanol–water partition coefficient (Wildman–Crippen LogP) is 3.09. The summed E-state index contributed by atoms with van der Waals surface area (Å²) in [5.74, 6) is -0.449. The number of benzene rings is 1. The van der Waals surface area contributed by atoms with Crippen molar-refractivity contribution in [2.24, 2.45) is 0 Å². The first kappa shape index (κ1) is 12.5. The number of carbonyl (C=O) groups is 1. The van der Waals surface area contributed by atoms with Gasteiger partial charge in [-0.25, -0.2) is 4.79 Å². The molecule has 0 unspecified atom stereocenters. The topological polar surface area (TPSA) is 68.1 Å². The van der Waals surface area contributed by atoms with Crippen molar-refractivity contribution in [3.63, 3.8) is 0 Å². The van der Waals surface area contributed by atoms with E-state index in [-0.39, 0.29) is 5.69 Å². The van der Waals surface area contributed by atoms with E-state index >= 15 is 0 Å². The number of rotatable bonds is 3. The van der Waals surface area contributed by atoms with Gasteiger partial charge in [-0.05, 0) is 24.6 Å². The van der Waals surface area contributed by atoms with Gasteiger partial charge < -0.3 is 15.5 Å². The third-order valence-corrected chi connectivity index (χ3v) is 2.81. The summed E-state index contributed by atoms with van der Waals surface area (Å²) in [6.07, 6.45) is 1.69. The van der Waals surface area contributed by atoms with Crippen LogP contribution in [0.5, 0.6) is 0 Å². The Balaban J connectivity index is 2.36. The Kier molecular flexibility index (Phi) is 3.58. The van der Waals surface area contributed by atoms with Crippen LogP contribution >= 0.6 is 11.6 Å². The second kappa shape index (κ2) is 5.14. The summed E-state index contributed by atoms with van der Waals surface area (Å²) in [5, 5.41) is 0.651. The quantitative estimate of drug-likeness (QED) is 0.837. The highest BCUT2D eigenvalue weighted by atomic mass is 35.5. The number of hydrogen-bond acceptors (Lipinski definition) is 3. The standard InChI is InChI=1S/C13H13ClN2O2/c1-2-18-13(17)12-11(15)10(7-16-12)8-3-5-9(14)6-4-8/h3-7,16H,2,15H2,1H3. The van der Waals surface area contributed by atoms with Gasteiger partial charge in [0.1, 0.15) is 5.69 Å². The molecular weight excluding hydrogens is 252 g/mol. The molecule has 0 atom stereocenters. The van der Waals surface area contributed by atoms with Crippen molar-refractivity contribution in [2.45, 2.75) is 6.92 Å². The van der Waals surface area contributed by atoms with Gasteiger partial charge in [-0.2, -0.15) is 0 Å². The number of hydrogen-bond donors (Lipinski definition) is 2. The average molecular weight is 265 g/mol. The van der Waals surface area contributed by atoms with Crippen molar-refractivity contribution in [2.75, 3.05) is 12.3 Å². The molecule has 0 aliphatic heterocycles. The van der Waals surface area contributed by atoms with Gasteiger partial charge in [0, 0.05) is 16.8 Å². The first-order valence-corrected chi connectivity index (χ1v) is 5.91. The maximum absolute atomic E-state index is 11.6. The van der Waals surface area contributed by atoms with Crippen LogP contribution in [0.4, 0.5) is 5.69 Å². The first-order chi connectivity index (χ1) is 8.63. The molecule has 2 aromatic rings. The number of aromatic amines is 1. The summed E-state index contributed by atoms with van der Waals surface area (Å²) in [7, 11) is 0. The Hall–Kier alpha value is -1.94. The highest BCUT2D eigenvalue weighted by Gasteiger charge is 2.16. The van der Waals surface area contributed by atoms with Crippen molar-refractivity contribution >= 4 is 23.3 Å². The zero-order valence-corrected chi connectivity index (χ0v) is 10.6. The Morgan fingerprint density at radius 1 is 1.39 bits per heavy atom. The largest absolute Gasteiger partial charge is 0.461 e. The normalized spacial score (nSPS) is 10.3. The van der Waals surface area contributed by atoms with Crippen LogP contribution in [0.3, 0.4) is 0 Å². The number of halogens is 1. The first-order valence-electron chi connectivity index (χ1n) is 5.53. The Bertz CT molecular complexity index is 561. The molecule has 94 valence electrons. The number of nitrogens with one attached hydrogen (secondary N) is 1. The highest BCUT2D eigenvalue weighted by molar-refractivity contribution is 6.30. The minimum atomic E-state index is -0.449. The lowest BCUT2D eigenvalue weighted by atomic mass is 10.1. The molecule has 1 heterocycles. The molecule has 2 rings (SSSR count). The second-order valence-corrected chi connectivity index (χ2v) is 4.15. The average Bonchev–Trinajstić information content (AvgIpc) is 2.73. The highest BCUT2D eigenvalue weighted by Crippen LogP contribution is 2.29. The number of nitrogens with two attached hydrogens (primary N) is 1. The molecular formula is C13H13ClN2O2. The van der Waals surface area contributed by atoms with E-state index in [9.17, 15) is 4.79 Å². The van der Waals surface area contributed by atoms with Gasteiger partial charge in [-0.3, -0.25) is 0 Å². The van der Waals surface area contributed by atoms with Gasteiger partial charge in [0.05, 0.1) is 12.3 Å². The van der Waals surface area contributed by atoms with E-state index in [1.807, 2.05) is 12.1 Å². The van der Waals surface area contributed by atoms with Crippen LogP contribution in [0.1, 0.15) is 17.4 Å². The lowest BCUT2D eigenvalue weighted by Crippen LogP contribution is -2.07. The molecule has 3 N–H and O–H groups in total. The van der Waals surface area contributed by atoms with Gasteiger partial charge in [-0.1, -0.05) is 23.7 Å². The minimum absolute atomic E-state index is 0.279. The van der Waals surface area contributed by atoms with Crippen LogP contribution < -0.4 is 5.73 Å². The van der Waals surface area contributed by atoms with Gasteiger partial charge in [0.2, 0.25) is 0 Å². The molecule has 0 saturated carbocycles. The molecule has 18 heavy (non-hydrogen) atoms. The SMILES string of the molecule is CCOC(=O)c1[nH]cc(-c2ccc(Cl)cc2)c1N. The van der Waals surface area contributed by atoms with Crippen LogP contribution in [0, 0.1) is 0 Å². The zero-order valence-electron chi connectivity index (χ0n) is 9.87. The molecule has 5 heteroatoms. The van der Waals surface area contributed by atoms with E-state index in [4.69, 9.17) is 22.1 Å². The summed E-state index contributed by atoms with van der Waals surface area (Å²) >= 11 is 5.82. The molecule has 4 nitrogen and oxygen atoms in total. The maximum Gasteiger partial charge on any atom is 0.356 e. The van der Waals surface area contributed by atoms with Crippen molar-refractivity contribution in [1.82, 2.24) is 4.98 Å². The number of nitrogen functional groups attached to an aromatic ring is 1. The van der Waals surface area contributed by atoms with Crippen LogP contribution in [0.15, 0.2) is 30.5 Å². The molecule has 0 fully saturated rings. The minimum Gasteiger partial charge on any atom is -0.461 e. The fourth-order valence-corrected chi connectivity index (χ4v) is 1.80. The van der Waals surface area contributed by atoms with Crippen molar-refractivity contribution in [3.05, 3.63) is 41.2 Å². The summed E-state index contributed by atoms with van der Waals surface area (Å²) in [4.78, 5) is 14.4. The molecule has 0 aliphatic rings. The Morgan fingerprint density at radius 2 is 2.06 bits per heavy atom. The van der Waals surface area contributed by atoms with Gasteiger partial charge in [0.15, 0.2) is 0 Å². The van der Waals surface area contributed by atoms with Gasteiger partial charge in [0.25, 0.3) is 0 Å². The van der Waals surface area contributed by atoms with Crippen LogP contribution in [0.2, 0.25) is 5.02 Å². The zero-order chi connectivity index (χ0) is 13.1. The van der Waals surface area contributed by atoms with Crippen LogP contribution in [0.25, 0.3) is 11.1 Å². The Morgan fingerprint density at radius 3 is 2.67 bits per heavy atom. The van der Waals surface area contributed by atoms with E-state index < -0.39 is 5.97 Å². The molecule has 1 aromatic carbocycles. The van der Waals surface area contributed by atoms with Gasteiger partial charge >= 0.3 is 5.97 Å². The molecule has 0 aliphatic carbocycles. The molecule has 1 aromatic heterocycles. The number of H-pyrrole nitrogens is 1. The van der Waals surface area contributed by atoms with Gasteiger partial charge in [-0.15, -0.1) is 0 Å². The van der Waals surface area contributed by atoms with E-state index in [2.05, 4.69) is 4.98 Å². The lowest BCUT2D eigenvalue weighted by Gasteiger charge is -2.02. The predicted molar refractivity (Wildman–Crippen MR) is 71.6 cm³/mol. The smallest absolute Gasteiger partial charge is 0.356 e. The van der Waals surface area contributed by atoms with Crippen LogP contribution in [-0.2, 0) is 4.74 Å². The van der Waals surface area contributed by atoms with Crippen molar-refractivity contribution in [1.29, 1.82) is 0 Å². The monoisotopic (exact) mass is 264 g/mol. The van der Waals surface area contributed by atoms with E-state index in [0.717, 1.165) is 11.1 Å². The summed E-state index contributed by atoms with van der Waals surface area (Å²) in [5.41, 5.74) is 8.26. The lowest BCUT2D eigenvalue weighted by molar-refractivity contribution is 0.0521. The third kappa shape index (κ3) is 2.33. The fraction of sp³-hybridized carbons (Fsp3) is 0.154. The number of ether oxygens (including phenoxy) is 1. The Labute approximate surface area is 110 Å². The maximum atomic E-state index is 11.6. The summed E-state index contributed by atoms with van der Waals surface area (Å²) in [6.45, 7) is 2.06. The van der Waals surface area contributed by atoms with E-state index in [0.29, 0.717) is 17.3 Å². The van der Waals surface area contributed by atoms with Crippen LogP contribution in [-0.4, -0.2) is 17.6 Å². The molecule has 0 amide bonds. The molecule has 0 spiro atoms. The fourth-order valence-electron chi connectivity index (χ4n) is 1.67. The molecule has 0 radical (unpaired) electrons. The molecule has 0 saturated heterocycles. The third-order valence-electron chi connectivity index (χ3n) is 2.56. The number of aromatic nitrogens is 1. The molecule has 0 bridgehead atoms. The summed E-state index contributed by atoms with van der Waals surface area (Å²) < 4.78 is 4.91. The second-order valence-electron chi connectivity index (χ2n) is 3.72. The van der Waals surface area contributed by atoms with E-state index in [1.54, 1.807) is 25.3 Å². The van der Waals surface area contributed by atoms with E-state index in [1.165, 1.54) is 0 Å². The number of carbonyl (C=O) groups excluding carboxylic acids is 1. The number of anilines is 1. The number of esters is 1. The summed E-state index contributed by atoms with van der Waals surface area (Å²) in [6, 6.07) is 7.23. The van der Waals surface area contributed by atoms with Crippen molar-refractivity contribution < 1.29 is 9.53 Å².